The summed E-state index contributed by atoms with van der Waals surface area (Å²) in [4.78, 5) is 16.7. The molecule has 154 valence electrons. The number of fused-ring (bicyclic) bond motifs is 1. The summed E-state index contributed by atoms with van der Waals surface area (Å²) in [7, 11) is 3.08. The van der Waals surface area contributed by atoms with E-state index in [0.29, 0.717) is 22.5 Å². The summed E-state index contributed by atoms with van der Waals surface area (Å²) in [5, 5.41) is 2.31. The van der Waals surface area contributed by atoms with Crippen LogP contribution < -0.4 is 14.8 Å². The van der Waals surface area contributed by atoms with Gasteiger partial charge in [0.2, 0.25) is 5.91 Å². The smallest absolute Gasteiger partial charge is 0.321 e. The molecule has 1 aromatic heterocycles. The fourth-order valence-electron chi connectivity index (χ4n) is 2.83. The third-order valence-corrected chi connectivity index (χ3v) is 5.39. The highest BCUT2D eigenvalue weighted by molar-refractivity contribution is 8.00. The number of carbonyl (C=O) groups excluding carboxylic acids is 1. The van der Waals surface area contributed by atoms with Gasteiger partial charge in [-0.25, -0.2) is 4.98 Å². The lowest BCUT2D eigenvalue weighted by molar-refractivity contribution is -0.120. The van der Waals surface area contributed by atoms with Crippen LogP contribution >= 0.6 is 11.8 Å². The van der Waals surface area contributed by atoms with Crippen LogP contribution in [-0.2, 0) is 11.3 Å². The van der Waals surface area contributed by atoms with Gasteiger partial charge >= 0.3 is 6.55 Å². The molecule has 1 heterocycles. The molecule has 0 fully saturated rings. The minimum absolute atomic E-state index is 0.106. The van der Waals surface area contributed by atoms with Crippen LogP contribution in [0, 0.1) is 0 Å². The van der Waals surface area contributed by atoms with E-state index in [1.54, 1.807) is 50.4 Å². The molecule has 6 nitrogen and oxygen atoms in total. The second-order valence-corrected chi connectivity index (χ2v) is 7.51. The van der Waals surface area contributed by atoms with Gasteiger partial charge in [-0.2, -0.15) is 8.78 Å². The van der Waals surface area contributed by atoms with E-state index < -0.39 is 11.8 Å². The van der Waals surface area contributed by atoms with E-state index in [1.807, 2.05) is 6.07 Å². The monoisotopic (exact) mass is 421 g/mol. The molecule has 1 unspecified atom stereocenters. The molecule has 0 aliphatic rings. The topological polar surface area (TPSA) is 65.4 Å². The number of imidazole rings is 1. The minimum atomic E-state index is -2.74. The van der Waals surface area contributed by atoms with Gasteiger partial charge < -0.3 is 14.8 Å². The van der Waals surface area contributed by atoms with Crippen LogP contribution in [0.25, 0.3) is 11.0 Å². The summed E-state index contributed by atoms with van der Waals surface area (Å²) in [5.74, 6) is 0.877. The van der Waals surface area contributed by atoms with Crippen LogP contribution in [0.5, 0.6) is 11.5 Å². The summed E-state index contributed by atoms with van der Waals surface area (Å²) in [6, 6.07) is 12.0. The third-order valence-electron chi connectivity index (χ3n) is 4.32. The summed E-state index contributed by atoms with van der Waals surface area (Å²) in [6.45, 7) is -0.814. The number of alkyl halides is 2. The SMILES string of the molecule is COc1ccc(CNC(=O)C(C)Sc2nc3ccccc3n2C(F)F)cc1OC. The molecule has 0 aliphatic heterocycles. The summed E-state index contributed by atoms with van der Waals surface area (Å²) >= 11 is 0.996. The summed E-state index contributed by atoms with van der Waals surface area (Å²) in [5.41, 5.74) is 1.63. The Kier molecular flexibility index (Phi) is 6.58. The second-order valence-electron chi connectivity index (χ2n) is 6.20. The van der Waals surface area contributed by atoms with Gasteiger partial charge in [0.25, 0.3) is 0 Å². The average Bonchev–Trinajstić information content (AvgIpc) is 3.09. The first-order valence-electron chi connectivity index (χ1n) is 8.85. The van der Waals surface area contributed by atoms with Crippen molar-refractivity contribution in [3.8, 4) is 11.5 Å². The van der Waals surface area contributed by atoms with E-state index in [4.69, 9.17) is 9.47 Å². The molecule has 0 aliphatic carbocycles. The van der Waals surface area contributed by atoms with E-state index in [9.17, 15) is 13.6 Å². The zero-order valence-electron chi connectivity index (χ0n) is 16.2. The van der Waals surface area contributed by atoms with Crippen LogP contribution in [0.15, 0.2) is 47.6 Å². The Balaban J connectivity index is 1.68. The fourth-order valence-corrected chi connectivity index (χ4v) is 3.78. The molecule has 0 radical (unpaired) electrons. The molecule has 1 N–H and O–H groups in total. The first kappa shape index (κ1) is 20.9. The van der Waals surface area contributed by atoms with Crippen molar-refractivity contribution in [1.82, 2.24) is 14.9 Å². The second kappa shape index (κ2) is 9.13. The number of carbonyl (C=O) groups is 1. The zero-order chi connectivity index (χ0) is 21.0. The lowest BCUT2D eigenvalue weighted by atomic mass is 10.2. The van der Waals surface area contributed by atoms with Crippen molar-refractivity contribution in [2.75, 3.05) is 14.2 Å². The van der Waals surface area contributed by atoms with Gasteiger partial charge in [0.1, 0.15) is 0 Å². The number of hydrogen-bond acceptors (Lipinski definition) is 5. The van der Waals surface area contributed by atoms with Crippen molar-refractivity contribution in [3.05, 3.63) is 48.0 Å². The standard InChI is InChI=1S/C20H21F2N3O3S/c1-12(18(26)23-11-13-8-9-16(27-2)17(10-13)28-3)29-20-24-14-6-4-5-7-15(14)25(20)19(21)22/h4-10,12,19H,11H2,1-3H3,(H,23,26). The number of para-hydroxylation sites is 2. The number of ether oxygens (including phenoxy) is 2. The van der Waals surface area contributed by atoms with Gasteiger partial charge in [0.15, 0.2) is 16.7 Å². The molecule has 29 heavy (non-hydrogen) atoms. The number of rotatable bonds is 8. The molecular formula is C20H21F2N3O3S. The highest BCUT2D eigenvalue weighted by Gasteiger charge is 2.22. The number of aromatic nitrogens is 2. The zero-order valence-corrected chi connectivity index (χ0v) is 17.0. The molecule has 1 amide bonds. The number of nitrogens with one attached hydrogen (secondary N) is 1. The number of hydrogen-bond donors (Lipinski definition) is 1. The van der Waals surface area contributed by atoms with Crippen molar-refractivity contribution in [2.45, 2.75) is 30.4 Å². The van der Waals surface area contributed by atoms with Gasteiger partial charge in [0.05, 0.1) is 30.5 Å². The highest BCUT2D eigenvalue weighted by Crippen LogP contribution is 2.31. The van der Waals surface area contributed by atoms with E-state index in [-0.39, 0.29) is 17.6 Å². The van der Waals surface area contributed by atoms with E-state index in [2.05, 4.69) is 10.3 Å². The average molecular weight is 421 g/mol. The number of amides is 1. The molecule has 9 heteroatoms. The molecule has 3 rings (SSSR count). The van der Waals surface area contributed by atoms with Gasteiger partial charge in [-0.05, 0) is 36.8 Å². The summed E-state index contributed by atoms with van der Waals surface area (Å²) < 4.78 is 38.4. The number of methoxy groups -OCH3 is 2. The lowest BCUT2D eigenvalue weighted by Crippen LogP contribution is -2.30. The Morgan fingerprint density at radius 2 is 1.90 bits per heavy atom. The minimum Gasteiger partial charge on any atom is -0.493 e. The van der Waals surface area contributed by atoms with Crippen LogP contribution in [0.3, 0.4) is 0 Å². The Morgan fingerprint density at radius 1 is 1.17 bits per heavy atom. The van der Waals surface area contributed by atoms with Crippen molar-refractivity contribution in [1.29, 1.82) is 0 Å². The van der Waals surface area contributed by atoms with Crippen molar-refractivity contribution in [3.63, 3.8) is 0 Å². The van der Waals surface area contributed by atoms with E-state index in [1.165, 1.54) is 7.11 Å². The fraction of sp³-hybridized carbons (Fsp3) is 0.300. The van der Waals surface area contributed by atoms with Crippen molar-refractivity contribution < 1.29 is 23.0 Å². The Labute approximate surface area is 171 Å². The van der Waals surface area contributed by atoms with Crippen LogP contribution in [0.1, 0.15) is 19.0 Å². The third kappa shape index (κ3) is 4.61. The van der Waals surface area contributed by atoms with Crippen LogP contribution in [0.4, 0.5) is 8.78 Å². The quantitative estimate of drug-likeness (QED) is 0.551. The molecular weight excluding hydrogens is 400 g/mol. The predicted octanol–water partition coefficient (Wildman–Crippen LogP) is 4.25. The first-order valence-corrected chi connectivity index (χ1v) is 9.73. The van der Waals surface area contributed by atoms with E-state index in [0.717, 1.165) is 21.9 Å². The molecule has 0 saturated heterocycles. The maximum atomic E-state index is 13.5. The number of thioether (sulfide) groups is 1. The Hall–Kier alpha value is -2.81. The Bertz CT molecular complexity index is 1010. The van der Waals surface area contributed by atoms with E-state index >= 15 is 0 Å². The van der Waals surface area contributed by atoms with Crippen LogP contribution in [-0.4, -0.2) is 34.9 Å². The highest BCUT2D eigenvalue weighted by atomic mass is 32.2. The normalized spacial score (nSPS) is 12.2. The number of benzene rings is 2. The summed E-state index contributed by atoms with van der Waals surface area (Å²) in [6.07, 6.45) is 0. The largest absolute Gasteiger partial charge is 0.493 e. The Morgan fingerprint density at radius 3 is 2.59 bits per heavy atom. The van der Waals surface area contributed by atoms with Crippen LogP contribution in [0.2, 0.25) is 0 Å². The molecule has 0 spiro atoms. The van der Waals surface area contributed by atoms with Crippen molar-refractivity contribution >= 4 is 28.7 Å². The maximum Gasteiger partial charge on any atom is 0.321 e. The molecule has 3 aromatic rings. The maximum absolute atomic E-state index is 13.5. The predicted molar refractivity (Wildman–Crippen MR) is 108 cm³/mol. The van der Waals surface area contributed by atoms with Gasteiger partial charge in [-0.1, -0.05) is 30.0 Å². The molecule has 0 saturated carbocycles. The first-order chi connectivity index (χ1) is 13.9. The molecule has 2 aromatic carbocycles. The van der Waals surface area contributed by atoms with Crippen molar-refractivity contribution in [2.24, 2.45) is 0 Å². The van der Waals surface area contributed by atoms with Gasteiger partial charge in [-0.3, -0.25) is 9.36 Å². The lowest BCUT2D eigenvalue weighted by Gasteiger charge is -2.14. The molecule has 1 atom stereocenters. The van der Waals surface area contributed by atoms with Gasteiger partial charge in [0, 0.05) is 6.54 Å². The van der Waals surface area contributed by atoms with Gasteiger partial charge in [-0.15, -0.1) is 0 Å². The number of nitrogens with zero attached hydrogens (tertiary/aromatic N) is 2. The molecule has 0 bridgehead atoms. The number of halogens is 2.